The third-order valence-corrected chi connectivity index (χ3v) is 2.49. The third kappa shape index (κ3) is 2.35. The van der Waals surface area contributed by atoms with Crippen molar-refractivity contribution in [1.82, 2.24) is 0 Å². The maximum Gasteiger partial charge on any atom is 0.200 e. The first-order valence-corrected chi connectivity index (χ1v) is 4.79. The lowest BCUT2D eigenvalue weighted by Crippen LogP contribution is -2.25. The van der Waals surface area contributed by atoms with Gasteiger partial charge in [-0.25, -0.2) is 0 Å². The van der Waals surface area contributed by atoms with Crippen LogP contribution in [0.4, 0.5) is 5.69 Å². The lowest BCUT2D eigenvalue weighted by atomic mass is 10.2. The van der Waals surface area contributed by atoms with E-state index in [1.165, 1.54) is 0 Å². The third-order valence-electron chi connectivity index (χ3n) is 2.08. The van der Waals surface area contributed by atoms with Crippen LogP contribution in [0.25, 0.3) is 0 Å². The lowest BCUT2D eigenvalue weighted by Gasteiger charge is -2.20. The lowest BCUT2D eigenvalue weighted by molar-refractivity contribution is 0.726. The number of unbranched alkanes of at least 4 members (excludes halogenated alkanes) is 1. The summed E-state index contributed by atoms with van der Waals surface area (Å²) in [6.45, 7) is 1.63. The van der Waals surface area contributed by atoms with Crippen LogP contribution >= 0.6 is 12.2 Å². The van der Waals surface area contributed by atoms with Gasteiger partial charge in [-0.1, -0.05) is 12.2 Å². The molecule has 0 aromatic heterocycles. The summed E-state index contributed by atoms with van der Waals surface area (Å²) in [7, 11) is 1.95. The van der Waals surface area contributed by atoms with Gasteiger partial charge in [0.1, 0.15) is 4.51 Å². The fourth-order valence-electron chi connectivity index (χ4n) is 1.20. The van der Waals surface area contributed by atoms with Gasteiger partial charge in [0.05, 0.1) is 5.69 Å². The summed E-state index contributed by atoms with van der Waals surface area (Å²) in [6.07, 6.45) is 2.06. The van der Waals surface area contributed by atoms with Crippen molar-refractivity contribution in [1.29, 1.82) is 0 Å². The highest BCUT2D eigenvalue weighted by Crippen LogP contribution is 2.13. The average molecular weight is 198 g/mol. The molecule has 0 radical (unpaired) electrons. The van der Waals surface area contributed by atoms with Crippen LogP contribution in [0.2, 0.25) is 0 Å². The first kappa shape index (κ1) is 10.3. The molecule has 72 valence electrons. The molecule has 0 aliphatic rings. The van der Waals surface area contributed by atoms with Crippen LogP contribution < -0.4 is 16.1 Å². The summed E-state index contributed by atoms with van der Waals surface area (Å²) in [5.74, 6) is 0. The van der Waals surface area contributed by atoms with Crippen LogP contribution in [0.15, 0.2) is 10.9 Å². The van der Waals surface area contributed by atoms with Crippen molar-refractivity contribution in [3.05, 3.63) is 20.8 Å². The molecular weight excluding hydrogens is 184 g/mol. The van der Waals surface area contributed by atoms with E-state index in [0.717, 1.165) is 31.6 Å². The number of nitrogens with two attached hydrogens (primary N) is 1. The Hall–Kier alpha value is -0.740. The molecule has 13 heavy (non-hydrogen) atoms. The van der Waals surface area contributed by atoms with E-state index in [1.807, 2.05) is 11.9 Å². The Kier molecular flexibility index (Phi) is 3.57. The highest BCUT2D eigenvalue weighted by molar-refractivity contribution is 7.71. The van der Waals surface area contributed by atoms with Gasteiger partial charge >= 0.3 is 0 Å². The maximum absolute atomic E-state index is 10.8. The minimum absolute atomic E-state index is 0.0179. The van der Waals surface area contributed by atoms with E-state index >= 15 is 0 Å². The molecule has 0 spiro atoms. The minimum atomic E-state index is -0.0179. The molecule has 0 unspecified atom stereocenters. The zero-order valence-corrected chi connectivity index (χ0v) is 8.56. The first-order valence-electron chi connectivity index (χ1n) is 4.38. The van der Waals surface area contributed by atoms with Crippen molar-refractivity contribution in [2.45, 2.75) is 12.8 Å². The van der Waals surface area contributed by atoms with Gasteiger partial charge in [0.15, 0.2) is 0 Å². The summed E-state index contributed by atoms with van der Waals surface area (Å²) in [4.78, 5) is 12.8. The molecule has 0 aliphatic heterocycles. The van der Waals surface area contributed by atoms with E-state index < -0.39 is 0 Å². The number of rotatable bonds is 5. The van der Waals surface area contributed by atoms with Crippen molar-refractivity contribution >= 4 is 17.9 Å². The van der Waals surface area contributed by atoms with Crippen LogP contribution in [0.5, 0.6) is 0 Å². The quantitative estimate of drug-likeness (QED) is 0.562. The summed E-state index contributed by atoms with van der Waals surface area (Å²) < 4.78 is 0.468. The second kappa shape index (κ2) is 4.48. The molecule has 0 amide bonds. The number of nitrogens with zero attached hydrogens (tertiary/aromatic N) is 1. The predicted molar refractivity (Wildman–Crippen MR) is 57.5 cm³/mol. The molecule has 0 aliphatic carbocycles. The zero-order valence-electron chi connectivity index (χ0n) is 7.75. The van der Waals surface area contributed by atoms with Gasteiger partial charge in [0.2, 0.25) is 5.43 Å². The van der Waals surface area contributed by atoms with E-state index in [4.69, 9.17) is 18.0 Å². The standard InChI is InChI=1S/C9H14N2OS/c1-11(5-3-2-4-10)7-6-8(12)9(7)13/h6H,2-5,10H2,1H3. The van der Waals surface area contributed by atoms with Crippen molar-refractivity contribution in [2.75, 3.05) is 25.0 Å². The Bertz CT molecular complexity index is 341. The van der Waals surface area contributed by atoms with Gasteiger partial charge < -0.3 is 10.6 Å². The van der Waals surface area contributed by atoms with Gasteiger partial charge in [-0.05, 0) is 19.4 Å². The van der Waals surface area contributed by atoms with Crippen LogP contribution in [0.3, 0.4) is 0 Å². The molecule has 1 aromatic rings. The number of hydrogen-bond acceptors (Lipinski definition) is 4. The monoisotopic (exact) mass is 198 g/mol. The molecular formula is C9H14N2OS. The van der Waals surface area contributed by atoms with Crippen molar-refractivity contribution in [3.8, 4) is 0 Å². The summed E-state index contributed by atoms with van der Waals surface area (Å²) in [6, 6.07) is 1.59. The van der Waals surface area contributed by atoms with Crippen molar-refractivity contribution in [3.63, 3.8) is 0 Å². The largest absolute Gasteiger partial charge is 0.373 e. The van der Waals surface area contributed by atoms with Crippen molar-refractivity contribution in [2.24, 2.45) is 5.73 Å². The Morgan fingerprint density at radius 2 is 2.23 bits per heavy atom. The van der Waals surface area contributed by atoms with Gasteiger partial charge in [0.25, 0.3) is 0 Å². The highest BCUT2D eigenvalue weighted by atomic mass is 32.1. The fraction of sp³-hybridized carbons (Fsp3) is 0.556. The van der Waals surface area contributed by atoms with Gasteiger partial charge in [-0.3, -0.25) is 4.79 Å². The molecule has 2 N–H and O–H groups in total. The smallest absolute Gasteiger partial charge is 0.200 e. The molecule has 0 bridgehead atoms. The van der Waals surface area contributed by atoms with Gasteiger partial charge in [-0.15, -0.1) is 0 Å². The van der Waals surface area contributed by atoms with E-state index in [1.54, 1.807) is 6.07 Å². The predicted octanol–water partition coefficient (Wildman–Crippen LogP) is 0.827. The summed E-state index contributed by atoms with van der Waals surface area (Å²) >= 11 is 4.90. The molecule has 0 heterocycles. The van der Waals surface area contributed by atoms with Gasteiger partial charge in [0, 0.05) is 19.7 Å². The second-order valence-electron chi connectivity index (χ2n) is 3.14. The normalized spacial score (nSPS) is 10.6. The van der Waals surface area contributed by atoms with Crippen LogP contribution in [0, 0.1) is 4.51 Å². The Morgan fingerprint density at radius 1 is 1.54 bits per heavy atom. The second-order valence-corrected chi connectivity index (χ2v) is 3.55. The molecule has 1 aromatic carbocycles. The van der Waals surface area contributed by atoms with Crippen LogP contribution in [-0.2, 0) is 0 Å². The minimum Gasteiger partial charge on any atom is -0.373 e. The molecule has 0 atom stereocenters. The molecule has 0 saturated heterocycles. The highest BCUT2D eigenvalue weighted by Gasteiger charge is 2.09. The Morgan fingerprint density at radius 3 is 2.69 bits per heavy atom. The van der Waals surface area contributed by atoms with E-state index in [2.05, 4.69) is 0 Å². The molecule has 0 fully saturated rings. The van der Waals surface area contributed by atoms with E-state index in [0.29, 0.717) is 4.51 Å². The summed E-state index contributed by atoms with van der Waals surface area (Å²) in [5, 5.41) is 0. The SMILES string of the molecule is CN(CCCCN)c1cc(=O)c1=S. The molecule has 0 saturated carbocycles. The fourth-order valence-corrected chi connectivity index (χ4v) is 1.47. The maximum atomic E-state index is 10.8. The molecule has 1 rings (SSSR count). The Labute approximate surface area is 82.9 Å². The van der Waals surface area contributed by atoms with Crippen LogP contribution in [0.1, 0.15) is 12.8 Å². The van der Waals surface area contributed by atoms with Gasteiger partial charge in [-0.2, -0.15) is 0 Å². The Balaban J connectivity index is 2.42. The van der Waals surface area contributed by atoms with Crippen LogP contribution in [-0.4, -0.2) is 20.1 Å². The summed E-state index contributed by atoms with van der Waals surface area (Å²) in [5.41, 5.74) is 6.26. The molecule has 4 heteroatoms. The van der Waals surface area contributed by atoms with Crippen molar-refractivity contribution < 1.29 is 0 Å². The topological polar surface area (TPSA) is 46.3 Å². The van der Waals surface area contributed by atoms with E-state index in [9.17, 15) is 4.79 Å². The number of hydrogen-bond donors (Lipinski definition) is 1. The molecule has 3 nitrogen and oxygen atoms in total. The average Bonchev–Trinajstić information content (AvgIpc) is 2.13. The first-order chi connectivity index (χ1) is 6.16. The number of anilines is 1. The zero-order chi connectivity index (χ0) is 9.84. The van der Waals surface area contributed by atoms with E-state index in [-0.39, 0.29) is 5.43 Å².